The van der Waals surface area contributed by atoms with E-state index in [0.717, 1.165) is 10.5 Å². The second-order valence-electron chi connectivity index (χ2n) is 8.96. The van der Waals surface area contributed by atoms with E-state index in [9.17, 15) is 19.2 Å². The van der Waals surface area contributed by atoms with Crippen molar-refractivity contribution < 1.29 is 14.4 Å². The fourth-order valence-electron chi connectivity index (χ4n) is 5.19. The number of rotatable bonds is 3. The third kappa shape index (κ3) is 3.25. The van der Waals surface area contributed by atoms with Gasteiger partial charge in [-0.05, 0) is 44.0 Å². The molecule has 0 radical (unpaired) electrons. The SMILES string of the molecule is CCN1c2nc3c(C)cccn3c(=O)c2CC2(C(=O)NC(=O)N(Cc3ccccc3Cl)C2=O)C1C. The van der Waals surface area contributed by atoms with Crippen molar-refractivity contribution in [3.63, 3.8) is 0 Å². The number of fused-ring (bicyclic) bond motifs is 2. The largest absolute Gasteiger partial charge is 0.352 e. The number of imide groups is 2. The van der Waals surface area contributed by atoms with Crippen LogP contribution in [0.1, 0.15) is 30.5 Å². The molecule has 2 aliphatic rings. The second kappa shape index (κ2) is 8.20. The molecular weight excluding hydrogens is 470 g/mol. The number of amides is 4. The first-order chi connectivity index (χ1) is 16.7. The number of pyridine rings is 1. The van der Waals surface area contributed by atoms with Gasteiger partial charge in [0.15, 0.2) is 5.41 Å². The molecule has 0 saturated carbocycles. The standard InChI is InChI=1S/C25H24ClN5O4/c1-4-29-15(3)25(12-17-20(29)27-19-14(2)8-7-11-30(19)21(17)32)22(33)28-24(35)31(23(25)34)13-16-9-5-6-10-18(16)26/h5-11,15H,4,12-13H2,1-3H3,(H,28,33,35). The quantitative estimate of drug-likeness (QED) is 0.562. The van der Waals surface area contributed by atoms with Gasteiger partial charge in [-0.1, -0.05) is 35.9 Å². The highest BCUT2D eigenvalue weighted by atomic mass is 35.5. The number of halogens is 1. The Labute approximate surface area is 206 Å². The number of nitrogens with one attached hydrogen (secondary N) is 1. The Hall–Kier alpha value is -3.72. The number of aromatic nitrogens is 2. The first-order valence-corrected chi connectivity index (χ1v) is 11.8. The van der Waals surface area contributed by atoms with E-state index in [1.807, 2.05) is 19.9 Å². The summed E-state index contributed by atoms with van der Waals surface area (Å²) in [5.41, 5.74) is 0.169. The molecule has 1 fully saturated rings. The molecule has 1 aromatic carbocycles. The Bertz CT molecular complexity index is 1470. The van der Waals surface area contributed by atoms with Crippen LogP contribution in [0.3, 0.4) is 0 Å². The molecular formula is C25H24ClN5O4. The van der Waals surface area contributed by atoms with E-state index >= 15 is 0 Å². The molecule has 1 spiro atoms. The third-order valence-corrected chi connectivity index (χ3v) is 7.52. The predicted molar refractivity (Wildman–Crippen MR) is 130 cm³/mol. The van der Waals surface area contributed by atoms with Crippen molar-refractivity contribution in [2.45, 2.75) is 39.8 Å². The predicted octanol–water partition coefficient (Wildman–Crippen LogP) is 2.69. The van der Waals surface area contributed by atoms with E-state index in [0.29, 0.717) is 28.6 Å². The normalized spacial score (nSPS) is 22.1. The highest BCUT2D eigenvalue weighted by Gasteiger charge is 2.61. The number of barbiturate groups is 1. The molecule has 180 valence electrons. The maximum atomic E-state index is 14.0. The van der Waals surface area contributed by atoms with E-state index in [2.05, 4.69) is 5.32 Å². The van der Waals surface area contributed by atoms with E-state index < -0.39 is 29.3 Å². The third-order valence-electron chi connectivity index (χ3n) is 7.15. The molecule has 2 aliphatic heterocycles. The zero-order chi connectivity index (χ0) is 25.1. The van der Waals surface area contributed by atoms with Gasteiger partial charge >= 0.3 is 6.03 Å². The summed E-state index contributed by atoms with van der Waals surface area (Å²) < 4.78 is 1.43. The lowest BCUT2D eigenvalue weighted by Crippen LogP contribution is -2.71. The molecule has 3 aromatic rings. The van der Waals surface area contributed by atoms with Crippen molar-refractivity contribution in [1.29, 1.82) is 0 Å². The monoisotopic (exact) mass is 493 g/mol. The van der Waals surface area contributed by atoms with E-state index in [-0.39, 0.29) is 24.1 Å². The molecule has 4 heterocycles. The number of benzene rings is 1. The van der Waals surface area contributed by atoms with Gasteiger partial charge in [-0.15, -0.1) is 0 Å². The molecule has 9 nitrogen and oxygen atoms in total. The Morgan fingerprint density at radius 3 is 2.60 bits per heavy atom. The summed E-state index contributed by atoms with van der Waals surface area (Å²) in [4.78, 5) is 61.3. The molecule has 10 heteroatoms. The summed E-state index contributed by atoms with van der Waals surface area (Å²) in [7, 11) is 0. The summed E-state index contributed by atoms with van der Waals surface area (Å²) in [6.07, 6.45) is 1.45. The van der Waals surface area contributed by atoms with Crippen molar-refractivity contribution in [1.82, 2.24) is 19.6 Å². The fourth-order valence-corrected chi connectivity index (χ4v) is 5.38. The second-order valence-corrected chi connectivity index (χ2v) is 9.36. The van der Waals surface area contributed by atoms with E-state index in [1.54, 1.807) is 48.4 Å². The number of urea groups is 1. The van der Waals surface area contributed by atoms with Crippen molar-refractivity contribution in [2.24, 2.45) is 5.41 Å². The van der Waals surface area contributed by atoms with Crippen LogP contribution < -0.4 is 15.8 Å². The Balaban J connectivity index is 1.67. The maximum absolute atomic E-state index is 14.0. The maximum Gasteiger partial charge on any atom is 0.331 e. The van der Waals surface area contributed by atoms with Gasteiger partial charge in [0.05, 0.1) is 18.2 Å². The zero-order valence-electron chi connectivity index (χ0n) is 19.5. The van der Waals surface area contributed by atoms with Gasteiger partial charge in [0, 0.05) is 24.2 Å². The van der Waals surface area contributed by atoms with Crippen molar-refractivity contribution in [3.8, 4) is 0 Å². The number of carbonyl (C=O) groups excluding carboxylic acids is 3. The van der Waals surface area contributed by atoms with Gasteiger partial charge < -0.3 is 4.90 Å². The van der Waals surface area contributed by atoms with Crippen LogP contribution in [0.5, 0.6) is 0 Å². The van der Waals surface area contributed by atoms with Crippen LogP contribution in [0.4, 0.5) is 10.6 Å². The van der Waals surface area contributed by atoms with Crippen LogP contribution in [-0.4, -0.2) is 44.7 Å². The summed E-state index contributed by atoms with van der Waals surface area (Å²) in [6.45, 7) is 5.81. The van der Waals surface area contributed by atoms with E-state index in [4.69, 9.17) is 16.6 Å². The molecule has 1 N–H and O–H groups in total. The van der Waals surface area contributed by atoms with Crippen molar-refractivity contribution >= 4 is 40.9 Å². The molecule has 2 atom stereocenters. The molecule has 0 bridgehead atoms. The topological polar surface area (TPSA) is 104 Å². The summed E-state index contributed by atoms with van der Waals surface area (Å²) in [6, 6.07) is 9.04. The van der Waals surface area contributed by atoms with Crippen LogP contribution >= 0.6 is 11.6 Å². The minimum Gasteiger partial charge on any atom is -0.352 e. The van der Waals surface area contributed by atoms with Gasteiger partial charge in [-0.25, -0.2) is 9.78 Å². The minimum absolute atomic E-state index is 0.0980. The van der Waals surface area contributed by atoms with Crippen LogP contribution in [0.2, 0.25) is 5.02 Å². The average molecular weight is 494 g/mol. The Morgan fingerprint density at radius 1 is 1.14 bits per heavy atom. The summed E-state index contributed by atoms with van der Waals surface area (Å²) in [5, 5.41) is 2.76. The molecule has 4 amide bonds. The Kier molecular flexibility index (Phi) is 5.40. The van der Waals surface area contributed by atoms with Gasteiger partial charge in [0.2, 0.25) is 11.8 Å². The number of aryl methyl sites for hydroxylation is 1. The lowest BCUT2D eigenvalue weighted by molar-refractivity contribution is -0.153. The van der Waals surface area contributed by atoms with Gasteiger partial charge in [-0.3, -0.25) is 29.0 Å². The molecule has 5 rings (SSSR count). The number of nitrogens with zero attached hydrogens (tertiary/aromatic N) is 4. The van der Waals surface area contributed by atoms with Gasteiger partial charge in [0.25, 0.3) is 5.56 Å². The van der Waals surface area contributed by atoms with Crippen LogP contribution in [0.25, 0.3) is 5.65 Å². The lowest BCUT2D eigenvalue weighted by Gasteiger charge is -2.49. The number of carbonyl (C=O) groups is 3. The van der Waals surface area contributed by atoms with Crippen LogP contribution in [-0.2, 0) is 22.6 Å². The zero-order valence-corrected chi connectivity index (χ0v) is 20.3. The first-order valence-electron chi connectivity index (χ1n) is 11.4. The molecule has 2 aromatic heterocycles. The van der Waals surface area contributed by atoms with Crippen LogP contribution in [0, 0.1) is 12.3 Å². The van der Waals surface area contributed by atoms with E-state index in [1.165, 1.54) is 4.40 Å². The molecule has 1 saturated heterocycles. The van der Waals surface area contributed by atoms with Gasteiger partial charge in [0.1, 0.15) is 11.5 Å². The lowest BCUT2D eigenvalue weighted by atomic mass is 9.69. The summed E-state index contributed by atoms with van der Waals surface area (Å²) in [5.74, 6) is -0.912. The Morgan fingerprint density at radius 2 is 1.89 bits per heavy atom. The van der Waals surface area contributed by atoms with Crippen molar-refractivity contribution in [2.75, 3.05) is 11.4 Å². The molecule has 35 heavy (non-hydrogen) atoms. The van der Waals surface area contributed by atoms with Gasteiger partial charge in [-0.2, -0.15) is 0 Å². The number of anilines is 1. The smallest absolute Gasteiger partial charge is 0.331 e. The fraction of sp³-hybridized carbons (Fsp3) is 0.320. The first kappa shape index (κ1) is 23.0. The summed E-state index contributed by atoms with van der Waals surface area (Å²) >= 11 is 6.28. The highest BCUT2D eigenvalue weighted by molar-refractivity contribution is 6.31. The van der Waals surface area contributed by atoms with Crippen LogP contribution in [0.15, 0.2) is 47.4 Å². The highest BCUT2D eigenvalue weighted by Crippen LogP contribution is 2.43. The molecule has 0 aliphatic carbocycles. The minimum atomic E-state index is -1.68. The number of hydrogen-bond donors (Lipinski definition) is 1. The molecule has 2 unspecified atom stereocenters. The van der Waals surface area contributed by atoms with Crippen molar-refractivity contribution in [3.05, 3.63) is 74.7 Å². The average Bonchev–Trinajstić information content (AvgIpc) is 2.83. The number of hydrogen-bond acceptors (Lipinski definition) is 6.